The number of aliphatic hydroxyl groups is 1. The second kappa shape index (κ2) is 48.5. The number of aryl methyl sites for hydroxylation is 3. The van der Waals surface area contributed by atoms with Gasteiger partial charge in [-0.05, 0) is 62.6 Å². The minimum atomic E-state index is -5.99. The van der Waals surface area contributed by atoms with Gasteiger partial charge < -0.3 is 146 Å². The Labute approximate surface area is 847 Å². The molecular weight excluding hydrogens is 2140 g/mol. The van der Waals surface area contributed by atoms with Crippen molar-refractivity contribution in [1.29, 1.82) is 0 Å². The van der Waals surface area contributed by atoms with Crippen LogP contribution < -0.4 is 67.8 Å². The zero-order valence-corrected chi connectivity index (χ0v) is 86.6. The van der Waals surface area contributed by atoms with Crippen molar-refractivity contribution in [1.82, 2.24) is 87.2 Å². The van der Waals surface area contributed by atoms with Crippen LogP contribution in [0, 0.1) is 20.8 Å². The molecule has 15 rings (SSSR count). The van der Waals surface area contributed by atoms with Crippen LogP contribution in [0.4, 0.5) is 23.7 Å². The number of nitrogens with two attached hydrogens (primary N) is 4. The molecule has 148 heavy (non-hydrogen) atoms. The Hall–Kier alpha value is -8.38. The number of fused-ring (bicyclic) bond motifs is 3. The van der Waals surface area contributed by atoms with Gasteiger partial charge >= 0.3 is 52.9 Å². The van der Waals surface area contributed by atoms with E-state index >= 15 is 9.13 Å². The molecule has 0 amide bonds. The zero-order valence-electron chi connectivity index (χ0n) is 79.7. The van der Waals surface area contributed by atoms with Crippen molar-refractivity contribution in [2.75, 3.05) is 158 Å². The Balaban J connectivity index is 0.726. The molecule has 11 unspecified atom stereocenters. The molecule has 6 saturated heterocycles. The summed E-state index contributed by atoms with van der Waals surface area (Å²) in [7, 11) is -5.25. The Morgan fingerprint density at radius 3 is 1.08 bits per heavy atom. The van der Waals surface area contributed by atoms with Gasteiger partial charge in [-0.15, -0.1) is 0 Å². The normalized spacial score (nSPS) is 28.9. The molecule has 15 heterocycles. The van der Waals surface area contributed by atoms with Gasteiger partial charge in [-0.3, -0.25) is 103 Å². The second-order valence-electron chi connectivity index (χ2n) is 33.8. The number of imidazole rings is 3. The van der Waals surface area contributed by atoms with E-state index in [2.05, 4.69) is 59.8 Å². The van der Waals surface area contributed by atoms with Crippen LogP contribution in [0.25, 0.3) is 33.5 Å². The molecule has 0 aromatic carbocycles. The highest BCUT2D eigenvalue weighted by Gasteiger charge is 2.59. The first kappa shape index (κ1) is 114. The standard InChI is InChI=1S/C76H109N22O42P5S3/c1-10-36-37(21-43(130-36)96-30-81-44-58(96)85-71(78)88-63(44)102)136-143(112,146)128-28-41-49(54(122-18-13-117-7)69(135-41)97-31-82-45-59(97)86-72(79)89-64(45)103)138-141(108,109)125-26-39-48(53(121-17-12-116-6)67(132-39)95-24-35(4)62(101)92-76(95)107)137-142(110,111)126-27-40-50(56(124-20-15-119-9)70(134-40)98-32-83-46-60(98)87-73(80)90-65(46)104)139-145(114,148)129-29-42-51(55(123-19-14-118-8)68(133-42)93-22-33(2)57(77)84-74(93)105)140-144(113,147)127-25-38-47(99)52(120-16-11-115-5)66(131-38)94-23-34(3)61(100)91-75(94)106/h22-24,30-32,36-43,47-56,66-70,99H,10-21,25-29H2,1-9H3,(H,108,109)(H,110,111)(H,112,146)(H,113,147)(H,114,148)(H2,77,84,105)(H,91,100,106)(H,92,101,107)(H3,78,85,88,102)(H3,79,86,89,103)(H3,80,87,90,104)/t36-,37?,38-,39-,40-,41-,42-,43-,47?,48?,49?,50?,51?,52+,53+,54+,55+,56+,66-,67-,68-,69-,70-,143?,144?,145?/m1/s1. The van der Waals surface area contributed by atoms with E-state index in [1.807, 2.05) is 0 Å². The van der Waals surface area contributed by atoms with Gasteiger partial charge in [0.05, 0.1) is 130 Å². The first-order valence-electron chi connectivity index (χ1n) is 44.9. The van der Waals surface area contributed by atoms with Crippen molar-refractivity contribution in [3.63, 3.8) is 0 Å². The van der Waals surface area contributed by atoms with Gasteiger partial charge in [0, 0.05) is 77.3 Å². The Morgan fingerprint density at radius 1 is 0.378 bits per heavy atom. The van der Waals surface area contributed by atoms with Gasteiger partial charge in [0.15, 0.2) is 64.6 Å². The van der Waals surface area contributed by atoms with E-state index in [1.165, 1.54) is 84.2 Å². The maximum absolute atomic E-state index is 15.5. The third kappa shape index (κ3) is 26.3. The number of phosphoric ester groups is 2. The minimum absolute atomic E-state index is 0.00724. The first-order valence-corrected chi connectivity index (χ1v) is 55.7. The third-order valence-electron chi connectivity index (χ3n) is 23.8. The Kier molecular flexibility index (Phi) is 37.3. The van der Waals surface area contributed by atoms with Crippen molar-refractivity contribution in [3.8, 4) is 0 Å². The lowest BCUT2D eigenvalue weighted by molar-refractivity contribution is -0.0844. The average molecular weight is 2250 g/mol. The van der Waals surface area contributed by atoms with Gasteiger partial charge in [0.1, 0.15) is 104 Å². The zero-order chi connectivity index (χ0) is 107. The fourth-order valence-electron chi connectivity index (χ4n) is 16.9. The highest BCUT2D eigenvalue weighted by Crippen LogP contribution is 2.58. The predicted molar refractivity (Wildman–Crippen MR) is 513 cm³/mol. The lowest BCUT2D eigenvalue weighted by Crippen LogP contribution is -2.42. The number of aliphatic hydroxyl groups excluding tert-OH is 1. The number of aromatic amines is 5. The molecule has 818 valence electrons. The molecule has 9 aromatic rings. The van der Waals surface area contributed by atoms with E-state index in [0.717, 1.165) is 37.1 Å². The van der Waals surface area contributed by atoms with E-state index in [4.69, 9.17) is 179 Å². The molecule has 0 radical (unpaired) electrons. The second-order valence-corrected chi connectivity index (χ2v) is 44.9. The summed E-state index contributed by atoms with van der Waals surface area (Å²) in [5.74, 6) is -1.25. The Bertz CT molecular complexity index is 6980. The summed E-state index contributed by atoms with van der Waals surface area (Å²) < 4.78 is 194. The predicted octanol–water partition coefficient (Wildman–Crippen LogP) is -3.44. The van der Waals surface area contributed by atoms with Crippen LogP contribution >= 0.6 is 35.8 Å². The first-order chi connectivity index (χ1) is 70.3. The highest BCUT2D eigenvalue weighted by molar-refractivity contribution is 8.07. The van der Waals surface area contributed by atoms with E-state index in [-0.39, 0.29) is 134 Å². The van der Waals surface area contributed by atoms with Crippen molar-refractivity contribution in [2.24, 2.45) is 0 Å². The number of anilines is 4. The number of hydrogen-bond donors (Lipinski definition) is 15. The lowest BCUT2D eigenvalue weighted by atomic mass is 10.1. The number of aromatic nitrogens is 18. The van der Waals surface area contributed by atoms with Crippen LogP contribution in [0.1, 0.15) is 73.8 Å². The van der Waals surface area contributed by atoms with Crippen molar-refractivity contribution < 1.29 is 160 Å². The summed E-state index contributed by atoms with van der Waals surface area (Å²) in [6.45, 7) is -16.2. The molecule has 28 atom stereocenters. The number of hydrogen-bond acceptors (Lipinski definition) is 51. The molecule has 19 N–H and O–H groups in total. The maximum atomic E-state index is 15.5. The summed E-state index contributed by atoms with van der Waals surface area (Å²) in [6.07, 6.45) is -30.8. The summed E-state index contributed by atoms with van der Waals surface area (Å²) in [6, 6.07) is 0. The molecule has 6 aliphatic rings. The van der Waals surface area contributed by atoms with Gasteiger partial charge in [0.2, 0.25) is 17.8 Å². The number of ether oxygens (including phenoxy) is 16. The van der Waals surface area contributed by atoms with E-state index < -0.39 is 273 Å². The van der Waals surface area contributed by atoms with Gasteiger partial charge in [0.25, 0.3) is 27.8 Å². The van der Waals surface area contributed by atoms with Crippen LogP contribution in [0.2, 0.25) is 0 Å². The monoisotopic (exact) mass is 2250 g/mol. The molecule has 0 saturated carbocycles. The largest absolute Gasteiger partial charge is 0.472 e. The molecule has 9 aromatic heterocycles. The van der Waals surface area contributed by atoms with E-state index in [1.54, 1.807) is 6.92 Å². The van der Waals surface area contributed by atoms with Crippen molar-refractivity contribution in [2.45, 2.75) is 182 Å². The van der Waals surface area contributed by atoms with Crippen molar-refractivity contribution in [3.05, 3.63) is 137 Å². The quantitative estimate of drug-likeness (QED) is 0.0130. The van der Waals surface area contributed by atoms with Crippen LogP contribution in [0.3, 0.4) is 0 Å². The number of rotatable bonds is 52. The molecular formula is C76H109N22O42P5S3. The number of nitrogen functional groups attached to an aromatic ring is 4. The van der Waals surface area contributed by atoms with Gasteiger partial charge in [-0.2, -0.15) is 19.9 Å². The van der Waals surface area contributed by atoms with Gasteiger partial charge in [-0.1, -0.05) is 6.92 Å². The SMILES string of the molecule is CC[C@H]1O[C@@H](n2cnc3c(=O)[nH]c(N)nc32)CC1OP(O)(=S)OC[C@H]1O[C@@H](n2cnc3c(=O)[nH]c(N)nc32)[C@@H](OCCOC)C1OP(=O)(O)OC[C@H]1O[C@@H](n2cc(C)c(=O)[nH]c2=O)[C@@H](OCCOC)C1OP(=O)(O)OC[C@H]1O[C@@H](n2cnc3c(=O)[nH]c(N)nc32)[C@@H](OCCOC)C1OP(O)(=S)OC[C@H]1O[C@@H](n2cc(C)c(N)nc2=O)[C@@H](OCCOC)C1OP(O)(=S)OC[C@H]1O[C@@H](n2cc(C)c(=O)[nH]c2=O)[C@@H](OCCOC)C1O. The molecule has 64 nitrogen and oxygen atoms in total. The number of nitrogens with zero attached hydrogens (tertiary/aromatic N) is 13. The Morgan fingerprint density at radius 2 is 0.696 bits per heavy atom. The topological polar surface area (TPSA) is 835 Å². The summed E-state index contributed by atoms with van der Waals surface area (Å²) in [4.78, 5) is 209. The van der Waals surface area contributed by atoms with Crippen LogP contribution in [-0.2, 0) is 166 Å². The summed E-state index contributed by atoms with van der Waals surface area (Å²) in [5.41, 5.74) is 16.1. The summed E-state index contributed by atoms with van der Waals surface area (Å²) in [5, 5.41) is 11.8. The number of phosphoric acid groups is 2. The average Bonchev–Trinajstić information content (AvgIpc) is 1.67. The highest BCUT2D eigenvalue weighted by atomic mass is 32.5. The smallest absolute Gasteiger partial charge is 0.387 e. The molecule has 0 bridgehead atoms. The lowest BCUT2D eigenvalue weighted by Gasteiger charge is -2.30. The number of H-pyrrole nitrogens is 5. The molecule has 72 heteroatoms. The minimum Gasteiger partial charge on any atom is -0.387 e. The molecule has 0 aliphatic carbocycles. The molecule has 0 spiro atoms. The third-order valence-corrected chi connectivity index (χ3v) is 30.5. The maximum Gasteiger partial charge on any atom is 0.472 e. The molecule has 6 fully saturated rings. The van der Waals surface area contributed by atoms with E-state index in [9.17, 15) is 67.9 Å². The van der Waals surface area contributed by atoms with Crippen molar-refractivity contribution >= 4 is 128 Å². The molecule has 6 aliphatic heterocycles. The van der Waals surface area contributed by atoms with E-state index in [0.29, 0.717) is 0 Å². The fourth-order valence-corrected chi connectivity index (χ4v) is 23.2. The summed E-state index contributed by atoms with van der Waals surface area (Å²) >= 11 is 17.1. The number of methoxy groups -OCH3 is 5. The van der Waals surface area contributed by atoms with Crippen LogP contribution in [0.15, 0.2) is 75.9 Å². The van der Waals surface area contributed by atoms with Gasteiger partial charge in [-0.25, -0.2) is 38.5 Å². The number of nitrogens with one attached hydrogen (secondary N) is 5. The van der Waals surface area contributed by atoms with Crippen LogP contribution in [-0.4, -0.2) is 355 Å². The van der Waals surface area contributed by atoms with Crippen LogP contribution in [0.5, 0.6) is 0 Å². The fraction of sp³-hybridized carbons (Fsp3) is 0.645.